The quantitative estimate of drug-likeness (QED) is 0.435. The molecule has 0 saturated heterocycles. The maximum absolute atomic E-state index is 12.2. The third kappa shape index (κ3) is 5.16. The van der Waals surface area contributed by atoms with Gasteiger partial charge in [0, 0.05) is 17.6 Å². The van der Waals surface area contributed by atoms with Crippen LogP contribution in [0.2, 0.25) is 0 Å². The Kier molecular flexibility index (Phi) is 6.25. The second-order valence-electron chi connectivity index (χ2n) is 7.33. The van der Waals surface area contributed by atoms with Gasteiger partial charge in [0.2, 0.25) is 10.0 Å². The normalized spacial score (nSPS) is 11.9. The molecule has 152 valence electrons. The van der Waals surface area contributed by atoms with Gasteiger partial charge in [-0.3, -0.25) is 0 Å². The Bertz CT molecular complexity index is 1030. The van der Waals surface area contributed by atoms with Gasteiger partial charge in [-0.05, 0) is 47.5 Å². The Morgan fingerprint density at radius 2 is 1.45 bits per heavy atom. The first-order valence-corrected chi connectivity index (χ1v) is 10.9. The minimum Gasteiger partial charge on any atom is -0.492 e. The molecule has 29 heavy (non-hydrogen) atoms. The number of nitrogen functional groups attached to an aromatic ring is 1. The molecule has 0 bridgehead atoms. The second kappa shape index (κ2) is 8.68. The smallest absolute Gasteiger partial charge is 0.240 e. The highest BCUT2D eigenvalue weighted by molar-refractivity contribution is 7.89. The van der Waals surface area contributed by atoms with Crippen LogP contribution >= 0.6 is 0 Å². The molecule has 0 fully saturated rings. The van der Waals surface area contributed by atoms with E-state index in [1.807, 2.05) is 42.5 Å². The monoisotopic (exact) mass is 410 g/mol. The van der Waals surface area contributed by atoms with Crippen molar-refractivity contribution in [3.8, 4) is 5.75 Å². The molecule has 3 rings (SSSR count). The van der Waals surface area contributed by atoms with Crippen molar-refractivity contribution in [2.75, 3.05) is 18.9 Å². The van der Waals surface area contributed by atoms with E-state index in [4.69, 9.17) is 10.5 Å². The molecule has 3 aromatic carbocycles. The summed E-state index contributed by atoms with van der Waals surface area (Å²) in [6.07, 6.45) is 0. The highest BCUT2D eigenvalue weighted by Gasteiger charge is 2.22. The Balaban J connectivity index is 1.55. The minimum absolute atomic E-state index is 0.117. The first-order valence-electron chi connectivity index (χ1n) is 9.43. The summed E-state index contributed by atoms with van der Waals surface area (Å²) in [6, 6.07) is 24.3. The van der Waals surface area contributed by atoms with Crippen LogP contribution < -0.4 is 15.2 Å². The zero-order chi connectivity index (χ0) is 20.9. The first-order chi connectivity index (χ1) is 13.8. The van der Waals surface area contributed by atoms with Crippen LogP contribution in [0.3, 0.4) is 0 Å². The second-order valence-corrected chi connectivity index (χ2v) is 9.10. The molecule has 0 unspecified atom stereocenters. The number of benzene rings is 3. The number of hydrogen-bond acceptors (Lipinski definition) is 4. The molecule has 0 amide bonds. The van der Waals surface area contributed by atoms with Crippen molar-refractivity contribution in [1.29, 1.82) is 0 Å². The van der Waals surface area contributed by atoms with E-state index >= 15 is 0 Å². The molecule has 6 heteroatoms. The highest BCUT2D eigenvalue weighted by atomic mass is 32.2. The van der Waals surface area contributed by atoms with E-state index < -0.39 is 10.0 Å². The van der Waals surface area contributed by atoms with Crippen molar-refractivity contribution in [2.24, 2.45) is 0 Å². The topological polar surface area (TPSA) is 81.4 Å². The van der Waals surface area contributed by atoms with E-state index in [2.05, 4.69) is 30.7 Å². The molecule has 0 radical (unpaired) electrons. The lowest BCUT2D eigenvalue weighted by molar-refractivity contribution is 0.322. The fraction of sp³-hybridized carbons (Fsp3) is 0.217. The van der Waals surface area contributed by atoms with Crippen molar-refractivity contribution < 1.29 is 13.2 Å². The van der Waals surface area contributed by atoms with Crippen LogP contribution in [0.15, 0.2) is 83.8 Å². The number of nitrogens with one attached hydrogen (secondary N) is 1. The standard InChI is InChI=1S/C23H26N2O3S/c1-23(2,18-6-4-3-5-7-18)19-8-12-21(13-9-19)28-17-16-25-29(26,27)22-14-10-20(24)11-15-22/h3-15,25H,16-17,24H2,1-2H3. The van der Waals surface area contributed by atoms with Crippen molar-refractivity contribution >= 4 is 15.7 Å². The van der Waals surface area contributed by atoms with E-state index in [1.54, 1.807) is 12.1 Å². The van der Waals surface area contributed by atoms with Crippen molar-refractivity contribution in [2.45, 2.75) is 24.2 Å². The van der Waals surface area contributed by atoms with Crippen LogP contribution in [0, 0.1) is 0 Å². The molecule has 0 aliphatic rings. The van der Waals surface area contributed by atoms with Gasteiger partial charge in [-0.25, -0.2) is 13.1 Å². The first kappa shape index (κ1) is 20.9. The molecule has 0 aliphatic heterocycles. The summed E-state index contributed by atoms with van der Waals surface area (Å²) < 4.78 is 32.7. The molecule has 3 aromatic rings. The predicted molar refractivity (Wildman–Crippen MR) is 117 cm³/mol. The van der Waals surface area contributed by atoms with Crippen LogP contribution in [-0.2, 0) is 15.4 Å². The number of sulfonamides is 1. The summed E-state index contributed by atoms with van der Waals surface area (Å²) in [5.41, 5.74) is 8.42. The van der Waals surface area contributed by atoms with E-state index in [0.29, 0.717) is 11.4 Å². The van der Waals surface area contributed by atoms with Gasteiger partial charge in [0.15, 0.2) is 0 Å². The summed E-state index contributed by atoms with van der Waals surface area (Å²) in [5, 5.41) is 0. The largest absolute Gasteiger partial charge is 0.492 e. The summed E-state index contributed by atoms with van der Waals surface area (Å²) in [7, 11) is -3.57. The lowest BCUT2D eigenvalue weighted by atomic mass is 9.78. The maximum atomic E-state index is 12.2. The van der Waals surface area contributed by atoms with Gasteiger partial charge in [0.25, 0.3) is 0 Å². The van der Waals surface area contributed by atoms with Crippen LogP contribution in [0.4, 0.5) is 5.69 Å². The van der Waals surface area contributed by atoms with Crippen molar-refractivity contribution in [3.05, 3.63) is 90.0 Å². The van der Waals surface area contributed by atoms with Gasteiger partial charge >= 0.3 is 0 Å². The average molecular weight is 411 g/mol. The molecule has 0 aliphatic carbocycles. The zero-order valence-electron chi connectivity index (χ0n) is 16.6. The summed E-state index contributed by atoms with van der Waals surface area (Å²) in [6.45, 7) is 4.77. The average Bonchev–Trinajstić information content (AvgIpc) is 2.72. The molecule has 0 saturated carbocycles. The minimum atomic E-state index is -3.57. The number of ether oxygens (including phenoxy) is 1. The molecule has 0 spiro atoms. The Hall–Kier alpha value is -2.83. The fourth-order valence-corrected chi connectivity index (χ4v) is 4.08. The van der Waals surface area contributed by atoms with E-state index in [1.165, 1.54) is 23.3 Å². The molecular formula is C23H26N2O3S. The van der Waals surface area contributed by atoms with Gasteiger partial charge in [-0.15, -0.1) is 0 Å². The molecule has 0 atom stereocenters. The lowest BCUT2D eigenvalue weighted by Gasteiger charge is -2.26. The van der Waals surface area contributed by atoms with Gasteiger partial charge in [0.1, 0.15) is 12.4 Å². The fourth-order valence-electron chi connectivity index (χ4n) is 3.06. The van der Waals surface area contributed by atoms with E-state index in [0.717, 1.165) is 0 Å². The molecule has 0 aromatic heterocycles. The van der Waals surface area contributed by atoms with Gasteiger partial charge in [-0.2, -0.15) is 0 Å². The van der Waals surface area contributed by atoms with Crippen LogP contribution in [0.1, 0.15) is 25.0 Å². The van der Waals surface area contributed by atoms with E-state index in [9.17, 15) is 8.42 Å². The van der Waals surface area contributed by atoms with Crippen LogP contribution in [-0.4, -0.2) is 21.6 Å². The molecule has 5 nitrogen and oxygen atoms in total. The van der Waals surface area contributed by atoms with Crippen molar-refractivity contribution in [3.63, 3.8) is 0 Å². The highest BCUT2D eigenvalue weighted by Crippen LogP contribution is 2.32. The summed E-state index contributed by atoms with van der Waals surface area (Å²) >= 11 is 0. The molecule has 3 N–H and O–H groups in total. The lowest BCUT2D eigenvalue weighted by Crippen LogP contribution is -2.28. The molecule has 0 heterocycles. The third-order valence-corrected chi connectivity index (χ3v) is 6.40. The Labute approximate surface area is 172 Å². The van der Waals surface area contributed by atoms with Gasteiger partial charge < -0.3 is 10.5 Å². The predicted octanol–water partition coefficient (Wildman–Crippen LogP) is 3.95. The van der Waals surface area contributed by atoms with Crippen LogP contribution in [0.5, 0.6) is 5.75 Å². The maximum Gasteiger partial charge on any atom is 0.240 e. The number of nitrogens with two attached hydrogens (primary N) is 1. The van der Waals surface area contributed by atoms with Gasteiger partial charge in [-0.1, -0.05) is 56.3 Å². The summed E-state index contributed by atoms with van der Waals surface area (Å²) in [4.78, 5) is 0.180. The number of anilines is 1. The van der Waals surface area contributed by atoms with Crippen molar-refractivity contribution in [1.82, 2.24) is 4.72 Å². The Morgan fingerprint density at radius 3 is 2.07 bits per heavy atom. The number of hydrogen-bond donors (Lipinski definition) is 2. The Morgan fingerprint density at radius 1 is 0.862 bits per heavy atom. The van der Waals surface area contributed by atoms with E-state index in [-0.39, 0.29) is 23.5 Å². The summed E-state index contributed by atoms with van der Waals surface area (Å²) in [5.74, 6) is 0.698. The van der Waals surface area contributed by atoms with Gasteiger partial charge in [0.05, 0.1) is 4.90 Å². The SMILES string of the molecule is CC(C)(c1ccccc1)c1ccc(OCCNS(=O)(=O)c2ccc(N)cc2)cc1. The number of rotatable bonds is 8. The third-order valence-electron chi connectivity index (χ3n) is 4.92. The molecular weight excluding hydrogens is 384 g/mol. The zero-order valence-corrected chi connectivity index (χ0v) is 17.4. The van der Waals surface area contributed by atoms with Crippen LogP contribution in [0.25, 0.3) is 0 Å².